The highest BCUT2D eigenvalue weighted by Crippen LogP contribution is 2.18. The van der Waals surface area contributed by atoms with Gasteiger partial charge in [0, 0.05) is 18.0 Å². The average Bonchev–Trinajstić information content (AvgIpc) is 2.38. The van der Waals surface area contributed by atoms with Crippen molar-refractivity contribution >= 4 is 5.97 Å². The number of aromatic carboxylic acids is 1. The van der Waals surface area contributed by atoms with Gasteiger partial charge in [0.1, 0.15) is 6.61 Å². The van der Waals surface area contributed by atoms with E-state index in [0.29, 0.717) is 5.56 Å². The van der Waals surface area contributed by atoms with Crippen LogP contribution in [0.5, 0.6) is 5.75 Å². The van der Waals surface area contributed by atoms with Crippen molar-refractivity contribution in [2.24, 2.45) is 0 Å². The molecule has 4 nitrogen and oxygen atoms in total. The number of aromatic nitrogens is 1. The third kappa shape index (κ3) is 2.63. The fourth-order valence-electron chi connectivity index (χ4n) is 1.46. The molecule has 2 aromatic rings. The van der Waals surface area contributed by atoms with Crippen LogP contribution in [0.25, 0.3) is 0 Å². The van der Waals surface area contributed by atoms with Crippen LogP contribution in [0.1, 0.15) is 15.9 Å². The number of nitrogens with zero attached hydrogens (tertiary/aromatic N) is 1. The standard InChI is InChI=1S/C13H10FNO3/c14-11-3-1-2-4-12(11)18-8-9-5-6-15-7-10(9)13(16)17/h1-7H,8H2,(H,16,17). The smallest absolute Gasteiger partial charge is 0.337 e. The Kier molecular flexibility index (Phi) is 3.52. The van der Waals surface area contributed by atoms with E-state index >= 15 is 0 Å². The van der Waals surface area contributed by atoms with Gasteiger partial charge in [0.2, 0.25) is 0 Å². The van der Waals surface area contributed by atoms with Crippen molar-refractivity contribution < 1.29 is 19.0 Å². The third-order valence-corrected chi connectivity index (χ3v) is 2.36. The van der Waals surface area contributed by atoms with Crippen LogP contribution in [0.3, 0.4) is 0 Å². The van der Waals surface area contributed by atoms with Crippen molar-refractivity contribution in [1.82, 2.24) is 4.98 Å². The minimum atomic E-state index is -1.09. The largest absolute Gasteiger partial charge is 0.486 e. The normalized spacial score (nSPS) is 10.1. The maximum absolute atomic E-state index is 13.3. The van der Waals surface area contributed by atoms with Crippen LogP contribution in [-0.4, -0.2) is 16.1 Å². The van der Waals surface area contributed by atoms with Gasteiger partial charge in [-0.1, -0.05) is 12.1 Å². The van der Waals surface area contributed by atoms with E-state index < -0.39 is 11.8 Å². The number of hydrogen-bond donors (Lipinski definition) is 1. The molecule has 1 aromatic carbocycles. The summed E-state index contributed by atoms with van der Waals surface area (Å²) in [6.07, 6.45) is 2.70. The molecule has 0 bridgehead atoms. The van der Waals surface area contributed by atoms with Gasteiger partial charge in [-0.15, -0.1) is 0 Å². The zero-order chi connectivity index (χ0) is 13.0. The van der Waals surface area contributed by atoms with E-state index in [-0.39, 0.29) is 17.9 Å². The van der Waals surface area contributed by atoms with Crippen molar-refractivity contribution in [2.45, 2.75) is 6.61 Å². The summed E-state index contributed by atoms with van der Waals surface area (Å²) in [6.45, 7) is -0.0227. The first kappa shape index (κ1) is 12.0. The molecule has 0 unspecified atom stereocenters. The first-order chi connectivity index (χ1) is 8.68. The Morgan fingerprint density at radius 1 is 1.33 bits per heavy atom. The Labute approximate surface area is 103 Å². The second kappa shape index (κ2) is 5.27. The second-order valence-electron chi connectivity index (χ2n) is 3.56. The fourth-order valence-corrected chi connectivity index (χ4v) is 1.46. The lowest BCUT2D eigenvalue weighted by atomic mass is 10.1. The molecule has 0 aliphatic heterocycles. The lowest BCUT2D eigenvalue weighted by Gasteiger charge is -2.08. The molecule has 0 fully saturated rings. The molecule has 1 aromatic heterocycles. The number of pyridine rings is 1. The van der Waals surface area contributed by atoms with Crippen LogP contribution in [0.4, 0.5) is 4.39 Å². The lowest BCUT2D eigenvalue weighted by Crippen LogP contribution is -2.06. The number of ether oxygens (including phenoxy) is 1. The number of hydrogen-bond acceptors (Lipinski definition) is 3. The van der Waals surface area contributed by atoms with E-state index in [9.17, 15) is 9.18 Å². The number of carboxylic acids is 1. The van der Waals surface area contributed by atoms with Crippen molar-refractivity contribution in [3.05, 3.63) is 59.7 Å². The molecular formula is C13H10FNO3. The zero-order valence-electron chi connectivity index (χ0n) is 9.34. The van der Waals surface area contributed by atoms with Crippen molar-refractivity contribution in [3.63, 3.8) is 0 Å². The predicted octanol–water partition coefficient (Wildman–Crippen LogP) is 2.50. The van der Waals surface area contributed by atoms with Gasteiger partial charge in [-0.05, 0) is 18.2 Å². The van der Waals surface area contributed by atoms with Crippen LogP contribution in [0.15, 0.2) is 42.7 Å². The molecule has 1 heterocycles. The Balaban J connectivity index is 2.16. The molecule has 92 valence electrons. The molecule has 0 spiro atoms. The molecule has 0 aliphatic carbocycles. The molecule has 0 aliphatic rings. The number of carbonyl (C=O) groups is 1. The molecule has 0 saturated heterocycles. The molecule has 0 radical (unpaired) electrons. The monoisotopic (exact) mass is 247 g/mol. The van der Waals surface area contributed by atoms with Crippen molar-refractivity contribution in [1.29, 1.82) is 0 Å². The van der Waals surface area contributed by atoms with Crippen molar-refractivity contribution in [3.8, 4) is 5.75 Å². The van der Waals surface area contributed by atoms with Crippen LogP contribution in [-0.2, 0) is 6.61 Å². The van der Waals surface area contributed by atoms with Crippen molar-refractivity contribution in [2.75, 3.05) is 0 Å². The third-order valence-electron chi connectivity index (χ3n) is 2.36. The van der Waals surface area contributed by atoms with Gasteiger partial charge in [0.05, 0.1) is 5.56 Å². The summed E-state index contributed by atoms with van der Waals surface area (Å²) in [4.78, 5) is 14.7. The summed E-state index contributed by atoms with van der Waals surface area (Å²) >= 11 is 0. The maximum Gasteiger partial charge on any atom is 0.337 e. The van der Waals surface area contributed by atoms with E-state index in [4.69, 9.17) is 9.84 Å². The van der Waals surface area contributed by atoms with Crippen LogP contribution < -0.4 is 4.74 Å². The minimum absolute atomic E-state index is 0.0227. The van der Waals surface area contributed by atoms with Crippen LogP contribution >= 0.6 is 0 Å². The molecule has 0 atom stereocenters. The minimum Gasteiger partial charge on any atom is -0.486 e. The second-order valence-corrected chi connectivity index (χ2v) is 3.56. The van der Waals surface area contributed by atoms with Gasteiger partial charge in [-0.2, -0.15) is 0 Å². The Hall–Kier alpha value is -2.43. The molecule has 0 amide bonds. The highest BCUT2D eigenvalue weighted by molar-refractivity contribution is 5.88. The van der Waals surface area contributed by atoms with E-state index in [1.54, 1.807) is 12.1 Å². The first-order valence-electron chi connectivity index (χ1n) is 5.22. The summed E-state index contributed by atoms with van der Waals surface area (Å²) < 4.78 is 18.5. The lowest BCUT2D eigenvalue weighted by molar-refractivity contribution is 0.0693. The van der Waals surface area contributed by atoms with E-state index in [1.165, 1.54) is 30.6 Å². The Morgan fingerprint density at radius 2 is 2.11 bits per heavy atom. The molecule has 0 saturated carbocycles. The van der Waals surface area contributed by atoms with Gasteiger partial charge in [-0.3, -0.25) is 4.98 Å². The summed E-state index contributed by atoms with van der Waals surface area (Å²) in [7, 11) is 0. The molecule has 1 N–H and O–H groups in total. The van der Waals surface area contributed by atoms with Crippen LogP contribution in [0.2, 0.25) is 0 Å². The quantitative estimate of drug-likeness (QED) is 0.901. The summed E-state index contributed by atoms with van der Waals surface area (Å²) in [5.74, 6) is -1.48. The maximum atomic E-state index is 13.3. The van der Waals surface area contributed by atoms with Gasteiger partial charge in [0.15, 0.2) is 11.6 Å². The SMILES string of the molecule is O=C(O)c1cnccc1COc1ccccc1F. The zero-order valence-corrected chi connectivity index (χ0v) is 9.34. The van der Waals surface area contributed by atoms with Crippen LogP contribution in [0, 0.1) is 5.82 Å². The highest BCUT2D eigenvalue weighted by Gasteiger charge is 2.11. The topological polar surface area (TPSA) is 59.4 Å². The number of rotatable bonds is 4. The molecule has 2 rings (SSSR count). The number of para-hydroxylation sites is 1. The molecule has 5 heteroatoms. The summed E-state index contributed by atoms with van der Waals surface area (Å²) in [5, 5.41) is 8.95. The van der Waals surface area contributed by atoms with Gasteiger partial charge in [0.25, 0.3) is 0 Å². The van der Waals surface area contributed by atoms with Gasteiger partial charge >= 0.3 is 5.97 Å². The summed E-state index contributed by atoms with van der Waals surface area (Å²) in [6, 6.07) is 7.49. The van der Waals surface area contributed by atoms with Gasteiger partial charge < -0.3 is 9.84 Å². The van der Waals surface area contributed by atoms with E-state index in [1.807, 2.05) is 0 Å². The number of halogens is 1. The number of benzene rings is 1. The van der Waals surface area contributed by atoms with E-state index in [0.717, 1.165) is 0 Å². The summed E-state index contributed by atoms with van der Waals surface area (Å²) in [5.41, 5.74) is 0.495. The Morgan fingerprint density at radius 3 is 2.83 bits per heavy atom. The Bertz CT molecular complexity index is 572. The fraction of sp³-hybridized carbons (Fsp3) is 0.0769. The molecular weight excluding hydrogens is 237 g/mol. The van der Waals surface area contributed by atoms with E-state index in [2.05, 4.69) is 4.98 Å². The molecule has 18 heavy (non-hydrogen) atoms. The predicted molar refractivity (Wildman–Crippen MR) is 61.9 cm³/mol. The van der Waals surface area contributed by atoms with Gasteiger partial charge in [-0.25, -0.2) is 9.18 Å². The number of carboxylic acid groups (broad SMARTS) is 1. The average molecular weight is 247 g/mol. The first-order valence-corrected chi connectivity index (χ1v) is 5.22. The highest BCUT2D eigenvalue weighted by atomic mass is 19.1.